The van der Waals surface area contributed by atoms with Gasteiger partial charge in [-0.1, -0.05) is 114 Å². The Morgan fingerprint density at radius 3 is 1.31 bits per heavy atom. The minimum absolute atomic E-state index is 0.0303. The van der Waals surface area contributed by atoms with Gasteiger partial charge in [-0.15, -0.1) is 0 Å². The summed E-state index contributed by atoms with van der Waals surface area (Å²) in [5.41, 5.74) is 6.94. The van der Waals surface area contributed by atoms with Gasteiger partial charge < -0.3 is 9.13 Å². The standard InChI is InChI=1S/C46H44N2/c1-7-45(3,4)33-23-25-43-39(29-33)37-19-9-11-21-41(37)47(43)35-17-13-15-31(27-35)32-16-14-18-36(28-32)48-42-22-12-10-20-38(42)40-30-34(24-26-44(40)48)46(5,6)8-2/h9-30H,7-8H2,1-6H3/i9D,10D,11D,12D,21D,22D,25D,26D. The van der Waals surface area contributed by atoms with E-state index < -0.39 is 0 Å². The van der Waals surface area contributed by atoms with Gasteiger partial charge >= 0.3 is 0 Å². The molecule has 48 heavy (non-hydrogen) atoms. The second-order valence-corrected chi connectivity index (χ2v) is 14.1. The van der Waals surface area contributed by atoms with E-state index in [0.717, 1.165) is 45.9 Å². The number of hydrogen-bond acceptors (Lipinski definition) is 0. The van der Waals surface area contributed by atoms with Gasteiger partial charge in [0.2, 0.25) is 0 Å². The molecule has 0 N–H and O–H groups in total. The normalized spacial score (nSPS) is 14.9. The van der Waals surface area contributed by atoms with Crippen LogP contribution in [0, 0.1) is 0 Å². The largest absolute Gasteiger partial charge is 0.309 e. The molecule has 2 nitrogen and oxygen atoms in total. The Bertz CT molecular complexity index is 2730. The molecule has 0 amide bonds. The zero-order chi connectivity index (χ0) is 40.2. The van der Waals surface area contributed by atoms with Crippen LogP contribution in [0.25, 0.3) is 66.1 Å². The Hall–Kier alpha value is -5.08. The van der Waals surface area contributed by atoms with Crippen LogP contribution in [-0.2, 0) is 10.8 Å². The summed E-state index contributed by atoms with van der Waals surface area (Å²) in [6.07, 6.45) is 1.74. The fraction of sp³-hybridized carbons (Fsp3) is 0.217. The van der Waals surface area contributed by atoms with Gasteiger partial charge in [0.05, 0.1) is 33.0 Å². The van der Waals surface area contributed by atoms with Crippen LogP contribution in [0.2, 0.25) is 0 Å². The Kier molecular flexibility index (Phi) is 5.28. The van der Waals surface area contributed by atoms with Crippen molar-refractivity contribution >= 4 is 43.6 Å². The Morgan fingerprint density at radius 2 is 0.896 bits per heavy atom. The monoisotopic (exact) mass is 632 g/mol. The number of para-hydroxylation sites is 2. The first-order chi connectivity index (χ1) is 26.5. The summed E-state index contributed by atoms with van der Waals surface area (Å²) < 4.78 is 74.7. The minimum atomic E-state index is -0.190. The van der Waals surface area contributed by atoms with Gasteiger partial charge in [-0.3, -0.25) is 0 Å². The molecular weight excluding hydrogens is 581 g/mol. The molecule has 0 atom stereocenters. The molecule has 0 bridgehead atoms. The van der Waals surface area contributed by atoms with Crippen LogP contribution in [0.15, 0.2) is 133 Å². The maximum absolute atomic E-state index is 9.30. The SMILES string of the molecule is [2H]c1cc2c3cc(C(C)(C)CC)cc([2H])c3n(-c3cccc(-c4cccc(-n5c6c([2H])cc(C(C)(C)CC)cc6c6cc([2H])c([2H])c([2H])c65)c4)c3)c2c([2H])c1[2H]. The Morgan fingerprint density at radius 1 is 0.479 bits per heavy atom. The lowest BCUT2D eigenvalue weighted by atomic mass is 9.82. The zero-order valence-corrected chi connectivity index (χ0v) is 28.4. The first kappa shape index (κ1) is 22.5. The summed E-state index contributed by atoms with van der Waals surface area (Å²) >= 11 is 0. The van der Waals surface area contributed by atoms with E-state index in [-0.39, 0.29) is 47.1 Å². The fourth-order valence-corrected chi connectivity index (χ4v) is 6.78. The van der Waals surface area contributed by atoms with Crippen LogP contribution in [0.1, 0.15) is 76.5 Å². The average Bonchev–Trinajstić information content (AvgIpc) is 3.70. The maximum atomic E-state index is 9.30. The van der Waals surface area contributed by atoms with Gasteiger partial charge in [0.1, 0.15) is 0 Å². The van der Waals surface area contributed by atoms with Gasteiger partial charge in [0.25, 0.3) is 0 Å². The molecule has 0 fully saturated rings. The summed E-state index contributed by atoms with van der Waals surface area (Å²) in [7, 11) is 0. The summed E-state index contributed by atoms with van der Waals surface area (Å²) in [4.78, 5) is 0. The van der Waals surface area contributed by atoms with Gasteiger partial charge in [-0.05, 0) is 106 Å². The molecule has 8 aromatic rings. The van der Waals surface area contributed by atoms with Gasteiger partial charge in [0.15, 0.2) is 0 Å². The van der Waals surface area contributed by atoms with E-state index in [1.807, 2.05) is 69.8 Å². The van der Waals surface area contributed by atoms with Crippen molar-refractivity contribution < 1.29 is 11.0 Å². The molecule has 2 heteroatoms. The lowest BCUT2D eigenvalue weighted by Gasteiger charge is -2.23. The number of aromatic nitrogens is 2. The lowest BCUT2D eigenvalue weighted by Crippen LogP contribution is -2.15. The predicted molar refractivity (Wildman–Crippen MR) is 207 cm³/mol. The van der Waals surface area contributed by atoms with Gasteiger partial charge in [-0.25, -0.2) is 0 Å². The number of fused-ring (bicyclic) bond motifs is 6. The van der Waals surface area contributed by atoms with Crippen molar-refractivity contribution in [2.75, 3.05) is 0 Å². The first-order valence-electron chi connectivity index (χ1n) is 20.8. The average molecular weight is 633 g/mol. The number of rotatable bonds is 7. The van der Waals surface area contributed by atoms with E-state index in [4.69, 9.17) is 8.22 Å². The van der Waals surface area contributed by atoms with Crippen molar-refractivity contribution in [3.05, 3.63) is 144 Å². The molecule has 0 radical (unpaired) electrons. The molecule has 0 aliphatic rings. The van der Waals surface area contributed by atoms with E-state index in [1.165, 1.54) is 0 Å². The Balaban J connectivity index is 1.36. The third-order valence-electron chi connectivity index (χ3n) is 10.6. The first-order valence-corrected chi connectivity index (χ1v) is 16.8. The maximum Gasteiger partial charge on any atom is 0.0645 e. The van der Waals surface area contributed by atoms with Crippen molar-refractivity contribution in [3.63, 3.8) is 0 Å². The number of nitrogens with zero attached hydrogens (tertiary/aromatic N) is 2. The van der Waals surface area contributed by atoms with E-state index in [2.05, 4.69) is 53.7 Å². The van der Waals surface area contributed by atoms with Crippen molar-refractivity contribution in [1.29, 1.82) is 0 Å². The quantitative estimate of drug-likeness (QED) is 0.165. The minimum Gasteiger partial charge on any atom is -0.309 e. The van der Waals surface area contributed by atoms with E-state index in [9.17, 15) is 2.74 Å². The lowest BCUT2D eigenvalue weighted by molar-refractivity contribution is 0.507. The Labute approximate surface area is 295 Å². The van der Waals surface area contributed by atoms with Crippen molar-refractivity contribution in [3.8, 4) is 22.5 Å². The van der Waals surface area contributed by atoms with Crippen LogP contribution < -0.4 is 0 Å². The zero-order valence-electron chi connectivity index (χ0n) is 36.4. The summed E-state index contributed by atoms with van der Waals surface area (Å²) in [6, 6.07) is 27.0. The molecule has 2 heterocycles. The topological polar surface area (TPSA) is 9.86 Å². The predicted octanol–water partition coefficient (Wildman–Crippen LogP) is 12.9. The molecule has 0 unspecified atom stereocenters. The summed E-state index contributed by atoms with van der Waals surface area (Å²) in [5.74, 6) is 0. The molecule has 2 aromatic heterocycles. The van der Waals surface area contributed by atoms with Crippen molar-refractivity contribution in [2.45, 2.75) is 65.2 Å². The third-order valence-corrected chi connectivity index (χ3v) is 10.6. The smallest absolute Gasteiger partial charge is 0.0645 e. The van der Waals surface area contributed by atoms with Crippen molar-refractivity contribution in [2.24, 2.45) is 0 Å². The third kappa shape index (κ3) is 4.77. The van der Waals surface area contributed by atoms with Gasteiger partial charge in [0, 0.05) is 32.9 Å². The van der Waals surface area contributed by atoms with Crippen LogP contribution >= 0.6 is 0 Å². The highest BCUT2D eigenvalue weighted by Crippen LogP contribution is 2.39. The van der Waals surface area contributed by atoms with Crippen LogP contribution in [0.5, 0.6) is 0 Å². The molecule has 0 aliphatic carbocycles. The van der Waals surface area contributed by atoms with E-state index in [1.54, 1.807) is 12.1 Å². The number of hydrogen-bond donors (Lipinski definition) is 0. The molecule has 6 aromatic carbocycles. The summed E-state index contributed by atoms with van der Waals surface area (Å²) in [6.45, 7) is 12.8. The molecular formula is C46H44N2. The van der Waals surface area contributed by atoms with Crippen LogP contribution in [0.3, 0.4) is 0 Å². The highest BCUT2D eigenvalue weighted by Gasteiger charge is 2.22. The van der Waals surface area contributed by atoms with E-state index >= 15 is 0 Å². The molecule has 238 valence electrons. The van der Waals surface area contributed by atoms with Crippen molar-refractivity contribution in [1.82, 2.24) is 9.13 Å². The number of benzene rings is 6. The molecule has 8 rings (SSSR count). The highest BCUT2D eigenvalue weighted by molar-refractivity contribution is 6.10. The fourth-order valence-electron chi connectivity index (χ4n) is 6.78. The second kappa shape index (κ2) is 11.3. The molecule has 0 saturated heterocycles. The van der Waals surface area contributed by atoms with Crippen LogP contribution in [-0.4, -0.2) is 9.13 Å². The van der Waals surface area contributed by atoms with E-state index in [0.29, 0.717) is 56.3 Å². The molecule has 0 spiro atoms. The van der Waals surface area contributed by atoms with Gasteiger partial charge in [-0.2, -0.15) is 0 Å². The second-order valence-electron chi connectivity index (χ2n) is 14.1. The molecule has 0 saturated carbocycles. The van der Waals surface area contributed by atoms with Crippen LogP contribution in [0.4, 0.5) is 0 Å². The highest BCUT2D eigenvalue weighted by atomic mass is 15.0. The molecule has 0 aliphatic heterocycles. The summed E-state index contributed by atoms with van der Waals surface area (Å²) in [5, 5.41) is 2.88.